The number of aliphatic hydroxyl groups excluding tert-OH is 1. The van der Waals surface area contributed by atoms with Crippen molar-refractivity contribution in [1.29, 1.82) is 0 Å². The van der Waals surface area contributed by atoms with Crippen LogP contribution in [-0.4, -0.2) is 44.1 Å². The van der Waals surface area contributed by atoms with E-state index in [4.69, 9.17) is 20.4 Å². The van der Waals surface area contributed by atoms with Crippen molar-refractivity contribution >= 4 is 11.9 Å². The van der Waals surface area contributed by atoms with Crippen LogP contribution in [0.25, 0.3) is 0 Å². The van der Waals surface area contributed by atoms with Crippen molar-refractivity contribution < 1.29 is 30.0 Å². The lowest BCUT2D eigenvalue weighted by Crippen LogP contribution is -2.25. The molecule has 0 fully saturated rings. The van der Waals surface area contributed by atoms with Crippen molar-refractivity contribution in [3.63, 3.8) is 0 Å². The SMILES string of the molecule is CCC(O)CC(C)(C)O.O=C(O)c1ccccc1.O=C(O)c1ccccc1. The molecule has 6 nitrogen and oxygen atoms in total. The van der Waals surface area contributed by atoms with Crippen LogP contribution in [0.2, 0.25) is 0 Å². The number of carboxylic acid groups (broad SMARTS) is 2. The lowest BCUT2D eigenvalue weighted by atomic mass is 10.00. The first-order chi connectivity index (χ1) is 12.6. The van der Waals surface area contributed by atoms with Gasteiger partial charge in [-0.3, -0.25) is 0 Å². The molecular formula is C21H28O6. The van der Waals surface area contributed by atoms with E-state index in [0.29, 0.717) is 24.0 Å². The topological polar surface area (TPSA) is 115 Å². The van der Waals surface area contributed by atoms with Crippen LogP contribution in [0.15, 0.2) is 60.7 Å². The van der Waals surface area contributed by atoms with Crippen LogP contribution in [0.3, 0.4) is 0 Å². The molecule has 6 heteroatoms. The Kier molecular flexibility index (Phi) is 11.4. The van der Waals surface area contributed by atoms with Gasteiger partial charge >= 0.3 is 11.9 Å². The maximum Gasteiger partial charge on any atom is 0.335 e. The summed E-state index contributed by atoms with van der Waals surface area (Å²) in [6.45, 7) is 5.30. The normalized spacial score (nSPS) is 11.1. The van der Waals surface area contributed by atoms with Gasteiger partial charge in [0.2, 0.25) is 0 Å². The van der Waals surface area contributed by atoms with Gasteiger partial charge in [-0.1, -0.05) is 43.3 Å². The highest BCUT2D eigenvalue weighted by atomic mass is 16.4. The number of carboxylic acids is 2. The maximum atomic E-state index is 10.2. The molecule has 27 heavy (non-hydrogen) atoms. The van der Waals surface area contributed by atoms with Gasteiger partial charge in [0, 0.05) is 6.42 Å². The van der Waals surface area contributed by atoms with Crippen LogP contribution in [0.4, 0.5) is 0 Å². The molecule has 0 saturated heterocycles. The van der Waals surface area contributed by atoms with Crippen LogP contribution in [0, 0.1) is 0 Å². The minimum atomic E-state index is -0.879. The fraction of sp³-hybridized carbons (Fsp3) is 0.333. The van der Waals surface area contributed by atoms with Crippen molar-refractivity contribution in [1.82, 2.24) is 0 Å². The zero-order chi connectivity index (χ0) is 20.9. The molecule has 4 N–H and O–H groups in total. The number of hydrogen-bond donors (Lipinski definition) is 4. The molecule has 2 rings (SSSR count). The van der Waals surface area contributed by atoms with Gasteiger partial charge in [0.05, 0.1) is 22.8 Å². The summed E-state index contributed by atoms with van der Waals surface area (Å²) >= 11 is 0. The fourth-order valence-corrected chi connectivity index (χ4v) is 1.88. The number of hydrogen-bond acceptors (Lipinski definition) is 4. The molecule has 2 aromatic rings. The highest BCUT2D eigenvalue weighted by Gasteiger charge is 2.16. The molecule has 0 aliphatic heterocycles. The first-order valence-corrected chi connectivity index (χ1v) is 8.54. The molecule has 0 spiro atoms. The van der Waals surface area contributed by atoms with E-state index >= 15 is 0 Å². The Morgan fingerprint density at radius 2 is 1.19 bits per heavy atom. The van der Waals surface area contributed by atoms with Gasteiger partial charge in [0.25, 0.3) is 0 Å². The Morgan fingerprint density at radius 1 is 0.852 bits per heavy atom. The van der Waals surface area contributed by atoms with E-state index in [1.54, 1.807) is 74.5 Å². The van der Waals surface area contributed by atoms with Crippen LogP contribution >= 0.6 is 0 Å². The number of aliphatic hydroxyl groups is 2. The average molecular weight is 376 g/mol. The van der Waals surface area contributed by atoms with E-state index in [1.165, 1.54) is 0 Å². The van der Waals surface area contributed by atoms with E-state index in [-0.39, 0.29) is 6.10 Å². The van der Waals surface area contributed by atoms with Gasteiger partial charge in [-0.2, -0.15) is 0 Å². The highest BCUT2D eigenvalue weighted by molar-refractivity contribution is 5.87. The summed E-state index contributed by atoms with van der Waals surface area (Å²) in [5.74, 6) is -1.76. The summed E-state index contributed by atoms with van der Waals surface area (Å²) in [5, 5.41) is 35.0. The van der Waals surface area contributed by atoms with Gasteiger partial charge in [-0.25, -0.2) is 9.59 Å². The van der Waals surface area contributed by atoms with Gasteiger partial charge < -0.3 is 20.4 Å². The van der Waals surface area contributed by atoms with E-state index in [9.17, 15) is 9.59 Å². The highest BCUT2D eigenvalue weighted by Crippen LogP contribution is 2.11. The maximum absolute atomic E-state index is 10.2. The van der Waals surface area contributed by atoms with Crippen molar-refractivity contribution in [3.05, 3.63) is 71.8 Å². The molecule has 0 aliphatic carbocycles. The largest absolute Gasteiger partial charge is 0.478 e. The Bertz CT molecular complexity index is 613. The van der Waals surface area contributed by atoms with Gasteiger partial charge in [-0.05, 0) is 44.5 Å². The van der Waals surface area contributed by atoms with E-state index in [0.717, 1.165) is 0 Å². The van der Waals surface area contributed by atoms with Crippen molar-refractivity contribution in [2.24, 2.45) is 0 Å². The second-order valence-corrected chi connectivity index (χ2v) is 6.42. The standard InChI is InChI=1S/2C7H6O2.C7H16O2/c2*8-7(9)6-4-2-1-3-5-6;1-4-6(8)5-7(2,3)9/h2*1-5H,(H,8,9);6,8-9H,4-5H2,1-3H3. The first-order valence-electron chi connectivity index (χ1n) is 8.54. The summed E-state index contributed by atoms with van der Waals surface area (Å²) in [4.78, 5) is 20.4. The van der Waals surface area contributed by atoms with E-state index < -0.39 is 17.5 Å². The zero-order valence-electron chi connectivity index (χ0n) is 15.9. The number of aromatic carboxylic acids is 2. The van der Waals surface area contributed by atoms with Crippen molar-refractivity contribution in [3.8, 4) is 0 Å². The lowest BCUT2D eigenvalue weighted by molar-refractivity contribution is 0.0175. The molecule has 0 aliphatic rings. The third-order valence-electron chi connectivity index (χ3n) is 3.25. The summed E-state index contributed by atoms with van der Waals surface area (Å²) in [5.41, 5.74) is -0.0647. The predicted molar refractivity (Wildman–Crippen MR) is 104 cm³/mol. The molecule has 0 saturated carbocycles. The van der Waals surface area contributed by atoms with Crippen molar-refractivity contribution in [2.75, 3.05) is 0 Å². The van der Waals surface area contributed by atoms with Gasteiger partial charge in [0.1, 0.15) is 0 Å². The van der Waals surface area contributed by atoms with Crippen LogP contribution in [0.1, 0.15) is 54.3 Å². The molecule has 0 heterocycles. The second kappa shape index (κ2) is 12.6. The molecule has 0 aromatic heterocycles. The van der Waals surface area contributed by atoms with Gasteiger partial charge in [-0.15, -0.1) is 0 Å². The molecule has 2 aromatic carbocycles. The van der Waals surface area contributed by atoms with Crippen molar-refractivity contribution in [2.45, 2.75) is 45.3 Å². The molecule has 1 unspecified atom stereocenters. The summed E-state index contributed by atoms with van der Waals surface area (Å²) in [6.07, 6.45) is 0.818. The Morgan fingerprint density at radius 3 is 1.33 bits per heavy atom. The second-order valence-electron chi connectivity index (χ2n) is 6.42. The Labute approximate surface area is 159 Å². The third kappa shape index (κ3) is 13.2. The van der Waals surface area contributed by atoms with Gasteiger partial charge in [0.15, 0.2) is 0 Å². The van der Waals surface area contributed by atoms with E-state index in [2.05, 4.69) is 0 Å². The minimum absolute atomic E-state index is 0.331. The number of benzene rings is 2. The number of carbonyl (C=O) groups is 2. The minimum Gasteiger partial charge on any atom is -0.478 e. The fourth-order valence-electron chi connectivity index (χ4n) is 1.88. The molecule has 0 radical (unpaired) electrons. The summed E-state index contributed by atoms with van der Waals surface area (Å²) in [7, 11) is 0. The molecule has 1 atom stereocenters. The van der Waals surface area contributed by atoms with E-state index in [1.807, 2.05) is 6.92 Å². The molecule has 0 amide bonds. The average Bonchev–Trinajstić information content (AvgIpc) is 2.63. The monoisotopic (exact) mass is 376 g/mol. The van der Waals surface area contributed by atoms with Crippen LogP contribution in [0.5, 0.6) is 0 Å². The third-order valence-corrected chi connectivity index (χ3v) is 3.25. The quantitative estimate of drug-likeness (QED) is 0.633. The lowest BCUT2D eigenvalue weighted by Gasteiger charge is -2.19. The zero-order valence-corrected chi connectivity index (χ0v) is 15.9. The predicted octanol–water partition coefficient (Wildman–Crippen LogP) is 3.69. The Hall–Kier alpha value is -2.70. The summed E-state index contributed by atoms with van der Waals surface area (Å²) in [6, 6.07) is 16.6. The van der Waals surface area contributed by atoms with Crippen LogP contribution < -0.4 is 0 Å². The molecular weight excluding hydrogens is 348 g/mol. The summed E-state index contributed by atoms with van der Waals surface area (Å²) < 4.78 is 0. The first kappa shape index (κ1) is 24.3. The number of rotatable bonds is 5. The smallest absolute Gasteiger partial charge is 0.335 e. The Balaban J connectivity index is 0.000000376. The molecule has 0 bridgehead atoms. The molecule has 148 valence electrons. The van der Waals surface area contributed by atoms with Crippen LogP contribution in [-0.2, 0) is 0 Å².